The zero-order chi connectivity index (χ0) is 19.2. The summed E-state index contributed by atoms with van der Waals surface area (Å²) in [6.45, 7) is 12.3. The topological polar surface area (TPSA) is 0 Å². The van der Waals surface area contributed by atoms with E-state index in [1.165, 1.54) is 69.8 Å². The van der Waals surface area contributed by atoms with E-state index in [0.717, 1.165) is 11.3 Å². The molecule has 0 aliphatic heterocycles. The lowest BCUT2D eigenvalue weighted by atomic mass is 9.91. The molecule has 0 N–H and O–H groups in total. The second-order valence-electron chi connectivity index (χ2n) is 9.76. The molecule has 148 valence electrons. The zero-order valence-electron chi connectivity index (χ0n) is 18.3. The van der Waals surface area contributed by atoms with Crippen LogP contribution in [0.5, 0.6) is 0 Å². The third-order valence-corrected chi connectivity index (χ3v) is 12.4. The molecule has 2 fully saturated rings. The van der Waals surface area contributed by atoms with Crippen LogP contribution >= 0.6 is 7.92 Å². The van der Waals surface area contributed by atoms with Crippen LogP contribution in [-0.2, 0) is 5.16 Å². The van der Waals surface area contributed by atoms with E-state index in [2.05, 4.69) is 46.8 Å². The Kier molecular flexibility index (Phi) is 5.59. The van der Waals surface area contributed by atoms with Crippen LogP contribution < -0.4 is 0 Å². The Morgan fingerprint density at radius 3 is 1.74 bits per heavy atom. The summed E-state index contributed by atoms with van der Waals surface area (Å²) >= 11 is 0. The molecule has 0 nitrogen and oxygen atoms in total. The molecule has 1 heteroatoms. The summed E-state index contributed by atoms with van der Waals surface area (Å²) in [5, 5.41) is 0.314. The maximum Gasteiger partial charge on any atom is 0.0350 e. The second kappa shape index (κ2) is 7.67. The Morgan fingerprint density at radius 1 is 0.741 bits per heavy atom. The first-order valence-corrected chi connectivity index (χ1v) is 13.0. The lowest BCUT2D eigenvalue weighted by Crippen LogP contribution is -2.33. The minimum absolute atomic E-state index is 0.0192. The van der Waals surface area contributed by atoms with Gasteiger partial charge in [-0.15, -0.1) is 0 Å². The van der Waals surface area contributed by atoms with Crippen molar-refractivity contribution in [3.8, 4) is 0 Å². The Morgan fingerprint density at radius 2 is 1.22 bits per heavy atom. The first-order valence-electron chi connectivity index (χ1n) is 11.5. The van der Waals surface area contributed by atoms with E-state index < -0.39 is 0 Å². The van der Waals surface area contributed by atoms with Crippen molar-refractivity contribution in [3.05, 3.63) is 40.0 Å². The fourth-order valence-corrected chi connectivity index (χ4v) is 11.7. The average Bonchev–Trinajstić information content (AvgIpc) is 2.89. The normalized spacial score (nSPS) is 27.5. The second-order valence-corrected chi connectivity index (χ2v) is 12.9. The lowest BCUT2D eigenvalue weighted by molar-refractivity contribution is 0.476. The summed E-state index contributed by atoms with van der Waals surface area (Å²) in [5.41, 5.74) is 11.7. The van der Waals surface area contributed by atoms with Crippen LogP contribution in [0.25, 0.3) is 5.57 Å². The van der Waals surface area contributed by atoms with Gasteiger partial charge in [-0.3, -0.25) is 0 Å². The fraction of sp³-hybridized carbons (Fsp3) is 0.692. The molecular weight excluding hydrogens is 343 g/mol. The van der Waals surface area contributed by atoms with Crippen molar-refractivity contribution in [1.29, 1.82) is 0 Å². The van der Waals surface area contributed by atoms with Crippen LogP contribution in [0.15, 0.2) is 17.7 Å². The molecule has 0 amide bonds. The van der Waals surface area contributed by atoms with Gasteiger partial charge in [0, 0.05) is 5.16 Å². The molecule has 0 radical (unpaired) electrons. The summed E-state index contributed by atoms with van der Waals surface area (Å²) in [7, 11) is -0.0192. The number of benzene rings is 1. The molecular formula is C26H39P. The van der Waals surface area contributed by atoms with Gasteiger partial charge in [0.1, 0.15) is 0 Å². The van der Waals surface area contributed by atoms with Crippen molar-refractivity contribution >= 4 is 13.5 Å². The molecule has 0 heterocycles. The van der Waals surface area contributed by atoms with Crippen LogP contribution in [0.2, 0.25) is 0 Å². The number of hydrogen-bond donors (Lipinski definition) is 0. The third-order valence-electron chi connectivity index (χ3n) is 8.23. The molecule has 0 bridgehead atoms. The molecule has 0 aromatic heterocycles. The van der Waals surface area contributed by atoms with Crippen LogP contribution in [0.3, 0.4) is 0 Å². The highest BCUT2D eigenvalue weighted by atomic mass is 31.1. The number of hydrogen-bond acceptors (Lipinski definition) is 0. The third kappa shape index (κ3) is 3.15. The van der Waals surface area contributed by atoms with E-state index in [1.807, 2.05) is 0 Å². The van der Waals surface area contributed by atoms with E-state index in [0.29, 0.717) is 5.16 Å². The summed E-state index contributed by atoms with van der Waals surface area (Å²) in [5.74, 6) is 0. The van der Waals surface area contributed by atoms with E-state index in [9.17, 15) is 0 Å². The average molecular weight is 383 g/mol. The molecule has 0 spiro atoms. The van der Waals surface area contributed by atoms with Crippen molar-refractivity contribution in [3.63, 3.8) is 0 Å². The fourth-order valence-electron chi connectivity index (χ4n) is 6.73. The Bertz CT molecular complexity index is 713. The number of rotatable bonds is 3. The Hall–Kier alpha value is -0.610. The van der Waals surface area contributed by atoms with Crippen molar-refractivity contribution in [2.45, 2.75) is 115 Å². The number of aryl methyl sites for hydroxylation is 2. The summed E-state index contributed by atoms with van der Waals surface area (Å²) in [4.78, 5) is 0. The molecule has 3 aliphatic carbocycles. The maximum absolute atomic E-state index is 2.68. The minimum atomic E-state index is -0.0192. The van der Waals surface area contributed by atoms with Gasteiger partial charge < -0.3 is 0 Å². The van der Waals surface area contributed by atoms with E-state index in [1.54, 1.807) is 27.8 Å². The SMILES string of the molecule is CC1=C(C)[C@](C)(P(C2CCCCC2)C2CCCCC2)c2c(C)ccc(C)c21. The molecule has 1 atom stereocenters. The summed E-state index contributed by atoms with van der Waals surface area (Å²) < 4.78 is 0. The molecule has 1 aromatic rings. The van der Waals surface area contributed by atoms with E-state index >= 15 is 0 Å². The minimum Gasteiger partial charge on any atom is -0.0853 e. The highest BCUT2D eigenvalue weighted by Crippen LogP contribution is 2.73. The van der Waals surface area contributed by atoms with Gasteiger partial charge in [-0.05, 0) is 99.4 Å². The smallest absolute Gasteiger partial charge is 0.0350 e. The molecule has 0 saturated heterocycles. The van der Waals surface area contributed by atoms with Crippen molar-refractivity contribution in [2.75, 3.05) is 0 Å². The molecule has 2 saturated carbocycles. The monoisotopic (exact) mass is 382 g/mol. The van der Waals surface area contributed by atoms with Gasteiger partial charge in [-0.25, -0.2) is 0 Å². The van der Waals surface area contributed by atoms with Gasteiger partial charge in [0.2, 0.25) is 0 Å². The zero-order valence-corrected chi connectivity index (χ0v) is 19.2. The van der Waals surface area contributed by atoms with Crippen molar-refractivity contribution in [2.24, 2.45) is 0 Å². The van der Waals surface area contributed by atoms with Gasteiger partial charge in [0.05, 0.1) is 0 Å². The van der Waals surface area contributed by atoms with Crippen LogP contribution in [-0.4, -0.2) is 11.3 Å². The van der Waals surface area contributed by atoms with Gasteiger partial charge >= 0.3 is 0 Å². The van der Waals surface area contributed by atoms with Crippen LogP contribution in [0, 0.1) is 13.8 Å². The Balaban J connectivity index is 1.87. The number of fused-ring (bicyclic) bond motifs is 1. The van der Waals surface area contributed by atoms with Crippen LogP contribution in [0.4, 0.5) is 0 Å². The largest absolute Gasteiger partial charge is 0.0853 e. The molecule has 0 unspecified atom stereocenters. The van der Waals surface area contributed by atoms with Gasteiger partial charge in [0.15, 0.2) is 0 Å². The Labute approximate surface area is 169 Å². The van der Waals surface area contributed by atoms with Crippen molar-refractivity contribution < 1.29 is 0 Å². The molecule has 4 rings (SSSR count). The maximum atomic E-state index is 2.68. The molecule has 1 aromatic carbocycles. The lowest BCUT2D eigenvalue weighted by Gasteiger charge is -2.49. The summed E-state index contributed by atoms with van der Waals surface area (Å²) in [6.07, 6.45) is 14.9. The van der Waals surface area contributed by atoms with Gasteiger partial charge in [0.25, 0.3) is 0 Å². The molecule has 27 heavy (non-hydrogen) atoms. The van der Waals surface area contributed by atoms with Gasteiger partial charge in [-0.2, -0.15) is 0 Å². The van der Waals surface area contributed by atoms with Crippen molar-refractivity contribution in [1.82, 2.24) is 0 Å². The summed E-state index contributed by atoms with van der Waals surface area (Å²) in [6, 6.07) is 4.77. The van der Waals surface area contributed by atoms with E-state index in [4.69, 9.17) is 0 Å². The van der Waals surface area contributed by atoms with Gasteiger partial charge in [-0.1, -0.05) is 64.2 Å². The predicted octanol–water partition coefficient (Wildman–Crippen LogP) is 8.47. The first kappa shape index (κ1) is 19.7. The first-order chi connectivity index (χ1) is 13.0. The highest BCUT2D eigenvalue weighted by Gasteiger charge is 2.50. The number of allylic oxidation sites excluding steroid dienone is 2. The van der Waals surface area contributed by atoms with Crippen LogP contribution in [0.1, 0.15) is 107 Å². The predicted molar refractivity (Wildman–Crippen MR) is 122 cm³/mol. The standard InChI is InChI=1S/C26H39P/c1-18-16-17-19(2)25-24(18)20(3)21(4)26(25,5)27(22-12-8-6-9-13-22)23-14-10-7-11-15-23/h16-17,22-23H,6-15H2,1-5H3/t26-/m0/s1. The van der Waals surface area contributed by atoms with E-state index in [-0.39, 0.29) is 7.92 Å². The molecule has 3 aliphatic rings. The quantitative estimate of drug-likeness (QED) is 0.460. The highest BCUT2D eigenvalue weighted by molar-refractivity contribution is 7.60.